The monoisotopic (exact) mass is 380 g/mol. The van der Waals surface area contributed by atoms with Gasteiger partial charge < -0.3 is 4.74 Å². The van der Waals surface area contributed by atoms with E-state index in [-0.39, 0.29) is 11.6 Å². The highest BCUT2D eigenvalue weighted by molar-refractivity contribution is 7.99. The van der Waals surface area contributed by atoms with E-state index in [1.165, 1.54) is 28.9 Å². The number of rotatable bonds is 6. The van der Waals surface area contributed by atoms with Crippen LogP contribution in [0.4, 0.5) is 0 Å². The fourth-order valence-corrected chi connectivity index (χ4v) is 5.18. The first kappa shape index (κ1) is 19.8. The Morgan fingerprint density at radius 2 is 2.04 bits per heavy atom. The average Bonchev–Trinajstić information content (AvgIpc) is 2.89. The lowest BCUT2D eigenvalue weighted by molar-refractivity contribution is 0.297. The van der Waals surface area contributed by atoms with Gasteiger partial charge in [0.2, 0.25) is 0 Å². The number of nitriles is 1. The van der Waals surface area contributed by atoms with Crippen molar-refractivity contribution in [1.29, 1.82) is 5.26 Å². The van der Waals surface area contributed by atoms with Crippen LogP contribution in [0.2, 0.25) is 0 Å². The molecule has 0 saturated heterocycles. The lowest BCUT2D eigenvalue weighted by atomic mass is 9.88. The number of hydrogen-bond acceptors (Lipinski definition) is 4. The van der Waals surface area contributed by atoms with Gasteiger partial charge in [-0.2, -0.15) is 5.26 Å². The molecule has 0 aliphatic carbocycles. The molecule has 4 heteroatoms. The summed E-state index contributed by atoms with van der Waals surface area (Å²) in [6.45, 7) is 4.53. The molecule has 0 radical (unpaired) electrons. The summed E-state index contributed by atoms with van der Waals surface area (Å²) in [7, 11) is 1.63. The maximum Gasteiger partial charge on any atom is 0.137 e. The van der Waals surface area contributed by atoms with E-state index in [1.807, 2.05) is 17.8 Å². The largest absolute Gasteiger partial charge is 0.495 e. The molecule has 0 bridgehead atoms. The van der Waals surface area contributed by atoms with Crippen molar-refractivity contribution >= 4 is 11.8 Å². The number of fused-ring (bicyclic) bond motifs is 1. The molecule has 0 spiro atoms. The van der Waals surface area contributed by atoms with Gasteiger partial charge in [0.15, 0.2) is 0 Å². The molecule has 1 heterocycles. The van der Waals surface area contributed by atoms with Crippen LogP contribution in [0.25, 0.3) is 0 Å². The third-order valence-electron chi connectivity index (χ3n) is 5.54. The van der Waals surface area contributed by atoms with E-state index in [0.717, 1.165) is 18.6 Å². The summed E-state index contributed by atoms with van der Waals surface area (Å²) in [5.74, 6) is 1.66. The summed E-state index contributed by atoms with van der Waals surface area (Å²) in [6.07, 6.45) is 4.65. The maximum absolute atomic E-state index is 9.51. The Balaban J connectivity index is 2.12. The molecule has 2 unspecified atom stereocenters. The Kier molecular flexibility index (Phi) is 6.46. The van der Waals surface area contributed by atoms with Crippen molar-refractivity contribution in [2.24, 2.45) is 0 Å². The first-order chi connectivity index (χ1) is 13.2. The Labute approximate surface area is 167 Å². The number of ether oxygens (including phenoxy) is 1. The van der Waals surface area contributed by atoms with Gasteiger partial charge in [0, 0.05) is 16.2 Å². The van der Waals surface area contributed by atoms with E-state index in [1.54, 1.807) is 7.11 Å². The van der Waals surface area contributed by atoms with Gasteiger partial charge in [-0.3, -0.25) is 5.32 Å². The maximum atomic E-state index is 9.51. The molecule has 1 N–H and O–H groups in total. The molecule has 0 fully saturated rings. The zero-order valence-corrected chi connectivity index (χ0v) is 17.2. The third-order valence-corrected chi connectivity index (χ3v) is 6.90. The minimum Gasteiger partial charge on any atom is -0.495 e. The van der Waals surface area contributed by atoms with Gasteiger partial charge in [-0.15, -0.1) is 11.8 Å². The second-order valence-corrected chi connectivity index (χ2v) is 8.23. The normalized spacial score (nSPS) is 21.8. The van der Waals surface area contributed by atoms with E-state index >= 15 is 0 Å². The number of benzene rings is 2. The molecule has 3 nitrogen and oxygen atoms in total. The SMILES string of the molecule is CCCCC1(CC)CSc2cc(C#N)c(OC)cc2C(c2ccccc2)N1. The topological polar surface area (TPSA) is 45.0 Å². The van der Waals surface area contributed by atoms with E-state index in [9.17, 15) is 5.26 Å². The second kappa shape index (κ2) is 8.82. The first-order valence-corrected chi connectivity index (χ1v) is 10.7. The fraction of sp³-hybridized carbons (Fsp3) is 0.435. The summed E-state index contributed by atoms with van der Waals surface area (Å²) >= 11 is 1.87. The van der Waals surface area contributed by atoms with Gasteiger partial charge in [0.05, 0.1) is 18.7 Å². The van der Waals surface area contributed by atoms with Crippen molar-refractivity contribution in [2.75, 3.05) is 12.9 Å². The fourth-order valence-electron chi connectivity index (χ4n) is 3.77. The van der Waals surface area contributed by atoms with Gasteiger partial charge in [0.1, 0.15) is 11.8 Å². The van der Waals surface area contributed by atoms with Crippen LogP contribution in [0.5, 0.6) is 5.75 Å². The van der Waals surface area contributed by atoms with E-state index in [0.29, 0.717) is 11.3 Å². The van der Waals surface area contributed by atoms with Gasteiger partial charge in [0.25, 0.3) is 0 Å². The van der Waals surface area contributed by atoms with Crippen molar-refractivity contribution < 1.29 is 4.74 Å². The van der Waals surface area contributed by atoms with Gasteiger partial charge in [-0.1, -0.05) is 57.0 Å². The lowest BCUT2D eigenvalue weighted by Crippen LogP contribution is -2.48. The van der Waals surface area contributed by atoms with Crippen LogP contribution in [0.1, 0.15) is 62.3 Å². The van der Waals surface area contributed by atoms with Gasteiger partial charge in [-0.25, -0.2) is 0 Å². The van der Waals surface area contributed by atoms with Gasteiger partial charge in [-0.05, 0) is 36.1 Å². The molecule has 0 amide bonds. The van der Waals surface area contributed by atoms with Crippen molar-refractivity contribution in [3.05, 3.63) is 59.2 Å². The molecule has 2 aromatic rings. The molecule has 2 aromatic carbocycles. The van der Waals surface area contributed by atoms with Crippen molar-refractivity contribution in [3.63, 3.8) is 0 Å². The van der Waals surface area contributed by atoms with Crippen LogP contribution in [0, 0.1) is 11.3 Å². The van der Waals surface area contributed by atoms with E-state index in [4.69, 9.17) is 4.74 Å². The van der Waals surface area contributed by atoms with Crippen LogP contribution >= 0.6 is 11.8 Å². The van der Waals surface area contributed by atoms with Crippen LogP contribution in [-0.4, -0.2) is 18.4 Å². The highest BCUT2D eigenvalue weighted by Gasteiger charge is 2.36. The summed E-state index contributed by atoms with van der Waals surface area (Å²) in [5, 5.41) is 13.5. The third kappa shape index (κ3) is 4.15. The number of methoxy groups -OCH3 is 1. The molecular formula is C23H28N2OS. The smallest absolute Gasteiger partial charge is 0.137 e. The van der Waals surface area contributed by atoms with Crippen molar-refractivity contribution in [1.82, 2.24) is 5.32 Å². The number of nitrogens with one attached hydrogen (secondary N) is 1. The molecule has 1 aliphatic heterocycles. The van der Waals surface area contributed by atoms with Crippen LogP contribution in [-0.2, 0) is 0 Å². The Bertz CT molecular complexity index is 815. The summed E-state index contributed by atoms with van der Waals surface area (Å²) < 4.78 is 5.51. The molecule has 0 aromatic heterocycles. The second-order valence-electron chi connectivity index (χ2n) is 7.22. The number of unbranched alkanes of at least 4 members (excludes halogenated alkanes) is 1. The molecule has 1 aliphatic rings. The minimum atomic E-state index is 0.0836. The van der Waals surface area contributed by atoms with Crippen molar-refractivity contribution in [2.45, 2.75) is 56.0 Å². The Hall–Kier alpha value is -1.96. The quantitative estimate of drug-likeness (QED) is 0.699. The average molecular weight is 381 g/mol. The molecule has 142 valence electrons. The lowest BCUT2D eigenvalue weighted by Gasteiger charge is -2.36. The number of hydrogen-bond donors (Lipinski definition) is 1. The van der Waals surface area contributed by atoms with Crippen LogP contribution in [0.3, 0.4) is 0 Å². The first-order valence-electron chi connectivity index (χ1n) is 9.74. The van der Waals surface area contributed by atoms with Crippen LogP contribution in [0.15, 0.2) is 47.4 Å². The van der Waals surface area contributed by atoms with E-state index in [2.05, 4.69) is 61.6 Å². The predicted octanol–water partition coefficient (Wildman–Crippen LogP) is 5.69. The summed E-state index contributed by atoms with van der Waals surface area (Å²) in [6, 6.07) is 17.0. The van der Waals surface area contributed by atoms with Crippen molar-refractivity contribution in [3.8, 4) is 11.8 Å². The minimum absolute atomic E-state index is 0.0836. The molecule has 2 atom stereocenters. The molecule has 3 rings (SSSR count). The highest BCUT2D eigenvalue weighted by Crippen LogP contribution is 2.43. The van der Waals surface area contributed by atoms with Crippen LogP contribution < -0.4 is 10.1 Å². The zero-order chi connectivity index (χ0) is 19.3. The summed E-state index contributed by atoms with van der Waals surface area (Å²) in [4.78, 5) is 1.18. The number of thioether (sulfide) groups is 1. The van der Waals surface area contributed by atoms with E-state index < -0.39 is 0 Å². The number of nitrogens with zero attached hydrogens (tertiary/aromatic N) is 1. The van der Waals surface area contributed by atoms with Gasteiger partial charge >= 0.3 is 0 Å². The Morgan fingerprint density at radius 1 is 1.26 bits per heavy atom. The molecule has 0 saturated carbocycles. The predicted molar refractivity (Wildman–Crippen MR) is 112 cm³/mol. The standard InChI is InChI=1S/C23H28N2OS/c1-4-6-12-23(5-2)16-27-21-13-18(15-24)20(26-3)14-19(21)22(25-23)17-10-8-7-9-11-17/h7-11,13-14,22,25H,4-6,12,16H2,1-3H3. The highest BCUT2D eigenvalue weighted by atomic mass is 32.2. The molecule has 27 heavy (non-hydrogen) atoms. The Morgan fingerprint density at radius 3 is 2.67 bits per heavy atom. The summed E-state index contributed by atoms with van der Waals surface area (Å²) in [5.41, 5.74) is 3.14. The molecular weight excluding hydrogens is 352 g/mol. The zero-order valence-electron chi connectivity index (χ0n) is 16.4.